The molecule has 0 aromatic rings. The molecule has 2 rings (SSSR count). The Morgan fingerprint density at radius 2 is 1.74 bits per heavy atom. The Bertz CT molecular complexity index is 267. The van der Waals surface area contributed by atoms with Gasteiger partial charge in [-0.2, -0.15) is 0 Å². The molecule has 2 fully saturated rings. The Kier molecular flexibility index (Phi) is 4.94. The van der Waals surface area contributed by atoms with Crippen LogP contribution >= 0.6 is 0 Å². The van der Waals surface area contributed by atoms with Crippen molar-refractivity contribution >= 4 is 0 Å². The monoisotopic (exact) mass is 266 g/mol. The number of hydrogen-bond acceptors (Lipinski definition) is 2. The molecule has 2 aliphatic rings. The summed E-state index contributed by atoms with van der Waals surface area (Å²) in [6.07, 6.45) is 11.0. The topological polar surface area (TPSA) is 38.0 Å². The van der Waals surface area contributed by atoms with Crippen molar-refractivity contribution in [3.63, 3.8) is 0 Å². The fourth-order valence-electron chi connectivity index (χ4n) is 3.81. The highest BCUT2D eigenvalue weighted by Gasteiger charge is 2.37. The van der Waals surface area contributed by atoms with Crippen LogP contribution < -0.4 is 11.1 Å². The first kappa shape index (κ1) is 15.3. The van der Waals surface area contributed by atoms with Gasteiger partial charge in [-0.25, -0.2) is 0 Å². The summed E-state index contributed by atoms with van der Waals surface area (Å²) in [5.74, 6) is 1.88. The SMILES string of the molecule is CC(C)(C)C1CCC(CN)(NCCC2CCC2)CC1. The molecule has 0 bridgehead atoms. The van der Waals surface area contributed by atoms with E-state index in [2.05, 4.69) is 26.1 Å². The van der Waals surface area contributed by atoms with Gasteiger partial charge in [0.2, 0.25) is 0 Å². The molecule has 0 aromatic carbocycles. The molecule has 2 aliphatic carbocycles. The maximum absolute atomic E-state index is 6.09. The van der Waals surface area contributed by atoms with Gasteiger partial charge in [0.25, 0.3) is 0 Å². The van der Waals surface area contributed by atoms with Crippen LogP contribution in [-0.2, 0) is 0 Å². The molecule has 3 N–H and O–H groups in total. The van der Waals surface area contributed by atoms with Crippen molar-refractivity contribution in [3.8, 4) is 0 Å². The predicted octanol–water partition coefficient (Wildman–Crippen LogP) is 3.70. The fourth-order valence-corrected chi connectivity index (χ4v) is 3.81. The average Bonchev–Trinajstić information content (AvgIpc) is 2.32. The Hall–Kier alpha value is -0.0800. The summed E-state index contributed by atoms with van der Waals surface area (Å²) >= 11 is 0. The molecule has 2 heteroatoms. The Balaban J connectivity index is 1.76. The Morgan fingerprint density at radius 1 is 1.11 bits per heavy atom. The van der Waals surface area contributed by atoms with Crippen LogP contribution in [0.25, 0.3) is 0 Å². The molecule has 0 atom stereocenters. The maximum Gasteiger partial charge on any atom is 0.0304 e. The second-order valence-corrected chi connectivity index (χ2v) is 8.14. The minimum absolute atomic E-state index is 0.255. The zero-order valence-corrected chi connectivity index (χ0v) is 13.3. The van der Waals surface area contributed by atoms with Crippen molar-refractivity contribution in [1.82, 2.24) is 5.32 Å². The van der Waals surface area contributed by atoms with Gasteiger partial charge in [0, 0.05) is 12.1 Å². The molecule has 0 aliphatic heterocycles. The normalized spacial score (nSPS) is 33.2. The maximum atomic E-state index is 6.09. The summed E-state index contributed by atoms with van der Waals surface area (Å²) in [6.45, 7) is 9.15. The molecule has 2 nitrogen and oxygen atoms in total. The van der Waals surface area contributed by atoms with Crippen LogP contribution in [0.4, 0.5) is 0 Å². The second kappa shape index (κ2) is 6.13. The Labute approximate surface area is 119 Å². The summed E-state index contributed by atoms with van der Waals surface area (Å²) in [5, 5.41) is 3.83. The quantitative estimate of drug-likeness (QED) is 0.796. The van der Waals surface area contributed by atoms with E-state index >= 15 is 0 Å². The summed E-state index contributed by atoms with van der Waals surface area (Å²) < 4.78 is 0. The number of nitrogens with two attached hydrogens (primary N) is 1. The molecule has 0 heterocycles. The van der Waals surface area contributed by atoms with E-state index in [1.165, 1.54) is 57.9 Å². The van der Waals surface area contributed by atoms with E-state index in [0.717, 1.165) is 18.4 Å². The van der Waals surface area contributed by atoms with Gasteiger partial charge in [0.1, 0.15) is 0 Å². The van der Waals surface area contributed by atoms with E-state index < -0.39 is 0 Å². The molecule has 19 heavy (non-hydrogen) atoms. The van der Waals surface area contributed by atoms with Crippen LogP contribution in [0.15, 0.2) is 0 Å². The van der Waals surface area contributed by atoms with Gasteiger partial charge in [0.05, 0.1) is 0 Å². The molecular weight excluding hydrogens is 232 g/mol. The van der Waals surface area contributed by atoms with Crippen molar-refractivity contribution in [2.24, 2.45) is 23.0 Å². The molecule has 0 amide bonds. The van der Waals surface area contributed by atoms with E-state index in [9.17, 15) is 0 Å². The third-order valence-electron chi connectivity index (χ3n) is 5.84. The second-order valence-electron chi connectivity index (χ2n) is 8.14. The van der Waals surface area contributed by atoms with E-state index in [-0.39, 0.29) is 5.54 Å². The van der Waals surface area contributed by atoms with Crippen molar-refractivity contribution in [2.45, 2.75) is 77.7 Å². The van der Waals surface area contributed by atoms with Crippen molar-refractivity contribution in [1.29, 1.82) is 0 Å². The number of rotatable bonds is 5. The fraction of sp³-hybridized carbons (Fsp3) is 1.00. The van der Waals surface area contributed by atoms with E-state index in [4.69, 9.17) is 5.73 Å². The van der Waals surface area contributed by atoms with Gasteiger partial charge >= 0.3 is 0 Å². The molecular formula is C17H34N2. The van der Waals surface area contributed by atoms with Crippen LogP contribution in [0, 0.1) is 17.3 Å². The molecule has 2 saturated carbocycles. The predicted molar refractivity (Wildman–Crippen MR) is 83.2 cm³/mol. The highest BCUT2D eigenvalue weighted by atomic mass is 15.0. The summed E-state index contributed by atoms with van der Waals surface area (Å²) in [5.41, 5.74) is 6.81. The van der Waals surface area contributed by atoms with Crippen molar-refractivity contribution < 1.29 is 0 Å². The molecule has 0 aromatic heterocycles. The molecule has 0 radical (unpaired) electrons. The van der Waals surface area contributed by atoms with Gasteiger partial charge in [-0.1, -0.05) is 40.0 Å². The van der Waals surface area contributed by atoms with Crippen molar-refractivity contribution in [3.05, 3.63) is 0 Å². The Morgan fingerprint density at radius 3 is 2.16 bits per heavy atom. The molecule has 0 unspecified atom stereocenters. The molecule has 0 saturated heterocycles. The van der Waals surface area contributed by atoms with Gasteiger partial charge in [-0.05, 0) is 55.9 Å². The lowest BCUT2D eigenvalue weighted by Gasteiger charge is -2.44. The van der Waals surface area contributed by atoms with Crippen LogP contribution in [0.2, 0.25) is 0 Å². The zero-order valence-electron chi connectivity index (χ0n) is 13.3. The lowest BCUT2D eigenvalue weighted by atomic mass is 9.67. The van der Waals surface area contributed by atoms with Gasteiger partial charge < -0.3 is 11.1 Å². The number of hydrogen-bond donors (Lipinski definition) is 2. The first-order chi connectivity index (χ1) is 8.95. The van der Waals surface area contributed by atoms with Gasteiger partial charge in [-0.3, -0.25) is 0 Å². The van der Waals surface area contributed by atoms with Crippen LogP contribution in [0.1, 0.15) is 72.1 Å². The highest BCUT2D eigenvalue weighted by Crippen LogP contribution is 2.41. The standard InChI is InChI=1S/C17H34N2/c1-16(2,3)15-7-10-17(13-18,11-8-15)19-12-9-14-5-4-6-14/h14-15,19H,4-13,18H2,1-3H3. The van der Waals surface area contributed by atoms with Gasteiger partial charge in [-0.15, -0.1) is 0 Å². The third kappa shape index (κ3) is 3.95. The van der Waals surface area contributed by atoms with Crippen LogP contribution in [0.3, 0.4) is 0 Å². The lowest BCUT2D eigenvalue weighted by molar-refractivity contribution is 0.115. The van der Waals surface area contributed by atoms with E-state index in [0.29, 0.717) is 5.41 Å². The third-order valence-corrected chi connectivity index (χ3v) is 5.84. The van der Waals surface area contributed by atoms with Gasteiger partial charge in [0.15, 0.2) is 0 Å². The van der Waals surface area contributed by atoms with Crippen molar-refractivity contribution in [2.75, 3.05) is 13.1 Å². The first-order valence-electron chi connectivity index (χ1n) is 8.40. The minimum Gasteiger partial charge on any atom is -0.329 e. The highest BCUT2D eigenvalue weighted by molar-refractivity contribution is 4.96. The zero-order chi connectivity index (χ0) is 13.9. The summed E-state index contributed by atoms with van der Waals surface area (Å²) in [6, 6.07) is 0. The summed E-state index contributed by atoms with van der Waals surface area (Å²) in [4.78, 5) is 0. The largest absolute Gasteiger partial charge is 0.329 e. The smallest absolute Gasteiger partial charge is 0.0304 e. The van der Waals surface area contributed by atoms with Crippen LogP contribution in [-0.4, -0.2) is 18.6 Å². The van der Waals surface area contributed by atoms with E-state index in [1.807, 2.05) is 0 Å². The lowest BCUT2D eigenvalue weighted by Crippen LogP contribution is -2.54. The average molecular weight is 266 g/mol. The van der Waals surface area contributed by atoms with E-state index in [1.54, 1.807) is 0 Å². The number of nitrogens with one attached hydrogen (secondary N) is 1. The summed E-state index contributed by atoms with van der Waals surface area (Å²) in [7, 11) is 0. The minimum atomic E-state index is 0.255. The molecule has 112 valence electrons. The molecule has 0 spiro atoms. The first-order valence-corrected chi connectivity index (χ1v) is 8.40. The van der Waals surface area contributed by atoms with Crippen LogP contribution in [0.5, 0.6) is 0 Å².